The molecule has 23 aromatic rings. The second-order valence-electron chi connectivity index (χ2n) is 31.7. The zero-order valence-electron chi connectivity index (χ0n) is 65.8. The van der Waals surface area contributed by atoms with E-state index in [1.807, 2.05) is 18.2 Å². The van der Waals surface area contributed by atoms with Crippen molar-refractivity contribution in [3.8, 4) is 146 Å². The second kappa shape index (κ2) is 28.5. The predicted molar refractivity (Wildman–Crippen MR) is 509 cm³/mol. The normalized spacial score (nSPS) is 12.0. The Kier molecular flexibility index (Phi) is 16.3. The van der Waals surface area contributed by atoms with Crippen LogP contribution in [0.3, 0.4) is 0 Å². The van der Waals surface area contributed by atoms with Crippen molar-refractivity contribution in [1.29, 1.82) is 0 Å². The van der Waals surface area contributed by atoms with E-state index in [1.165, 1.54) is 202 Å². The largest absolute Gasteiger partial charge is 0.456 e. The molecule has 26 rings (SSSR count). The molecule has 0 spiro atoms. The van der Waals surface area contributed by atoms with Gasteiger partial charge >= 0.3 is 0 Å². The first-order valence-corrected chi connectivity index (χ1v) is 41.6. The summed E-state index contributed by atoms with van der Waals surface area (Å²) in [5.41, 5.74) is 24.5. The zero-order chi connectivity index (χ0) is 79.6. The van der Waals surface area contributed by atoms with Crippen LogP contribution in [-0.4, -0.2) is 0 Å². The Hall–Kier alpha value is -15.9. The van der Waals surface area contributed by atoms with Crippen LogP contribution in [0.15, 0.2) is 437 Å². The van der Waals surface area contributed by atoms with Crippen molar-refractivity contribution in [3.05, 3.63) is 437 Å². The van der Waals surface area contributed by atoms with Gasteiger partial charge in [0.1, 0.15) is 34.5 Å². The SMILES string of the molecule is c1ccc(-c2c3ccccc3c(-c3ccc(-c4ccc5c(c4)-c4cccc6cccc(c46)O5)cc3)c3ccccc23)cc1.c1ccc(-c2c3ccccc3c(-c3ccc4c5c(cccc35)-c3ccccc3O4)c3ccccc23)cc1.c1ccc2c(c1)Oc1ccc(-c3c4ccccc4c(-c4ccc5ccccc5c4)c4ccccc34)c3cccc-2c13. The Balaban J connectivity index is 0.000000103. The van der Waals surface area contributed by atoms with E-state index in [-0.39, 0.29) is 0 Å². The predicted octanol–water partition coefficient (Wildman–Crippen LogP) is 33.6. The monoisotopic (exact) mass is 1540 g/mol. The molecule has 3 heteroatoms. The van der Waals surface area contributed by atoms with Crippen LogP contribution in [0.2, 0.25) is 0 Å². The van der Waals surface area contributed by atoms with Crippen molar-refractivity contribution in [3.63, 3.8) is 0 Å². The first-order valence-electron chi connectivity index (χ1n) is 41.6. The van der Waals surface area contributed by atoms with Crippen molar-refractivity contribution in [2.45, 2.75) is 0 Å². The molecular formula is C118H72O3. The molecule has 0 radical (unpaired) electrons. The minimum atomic E-state index is 0.906. The summed E-state index contributed by atoms with van der Waals surface area (Å²) in [4.78, 5) is 0. The van der Waals surface area contributed by atoms with Gasteiger partial charge in [0.05, 0.1) is 0 Å². The highest BCUT2D eigenvalue weighted by molar-refractivity contribution is 6.28. The highest BCUT2D eigenvalue weighted by Gasteiger charge is 2.28. The summed E-state index contributed by atoms with van der Waals surface area (Å²) in [7, 11) is 0. The molecule has 0 amide bonds. The molecule has 0 fully saturated rings. The minimum Gasteiger partial charge on any atom is -0.456 e. The lowest BCUT2D eigenvalue weighted by Crippen LogP contribution is -1.98. The van der Waals surface area contributed by atoms with E-state index in [9.17, 15) is 0 Å². The van der Waals surface area contributed by atoms with Crippen molar-refractivity contribution < 1.29 is 14.2 Å². The molecule has 0 aromatic heterocycles. The summed E-state index contributed by atoms with van der Waals surface area (Å²) in [6, 6.07) is 157. The molecule has 3 aliphatic rings. The molecule has 3 nitrogen and oxygen atoms in total. The van der Waals surface area contributed by atoms with Crippen LogP contribution < -0.4 is 14.2 Å². The number of hydrogen-bond acceptors (Lipinski definition) is 3. The molecule has 0 saturated carbocycles. The van der Waals surface area contributed by atoms with Crippen LogP contribution in [0, 0.1) is 0 Å². The Bertz CT molecular complexity index is 8050. The van der Waals surface area contributed by atoms with E-state index < -0.39 is 0 Å². The Morgan fingerprint density at radius 3 is 0.851 bits per heavy atom. The number of para-hydroxylation sites is 2. The van der Waals surface area contributed by atoms with Gasteiger partial charge in [0, 0.05) is 32.8 Å². The smallest absolute Gasteiger partial charge is 0.135 e. The Morgan fingerprint density at radius 2 is 0.397 bits per heavy atom. The van der Waals surface area contributed by atoms with Crippen molar-refractivity contribution in [1.82, 2.24) is 0 Å². The number of ether oxygens (including phenoxy) is 3. The number of hydrogen-bond donors (Lipinski definition) is 0. The summed E-state index contributed by atoms with van der Waals surface area (Å²) in [6.07, 6.45) is 0. The van der Waals surface area contributed by atoms with E-state index in [0.29, 0.717) is 0 Å². The van der Waals surface area contributed by atoms with Gasteiger partial charge in [0.15, 0.2) is 0 Å². The average molecular weight is 1540 g/mol. The summed E-state index contributed by atoms with van der Waals surface area (Å²) in [5.74, 6) is 5.50. The Labute approximate surface area is 699 Å². The molecule has 0 atom stereocenters. The third kappa shape index (κ3) is 11.3. The molecule has 0 aliphatic carbocycles. The van der Waals surface area contributed by atoms with Gasteiger partial charge in [-0.15, -0.1) is 0 Å². The summed E-state index contributed by atoms with van der Waals surface area (Å²) < 4.78 is 19.2. The topological polar surface area (TPSA) is 27.7 Å². The summed E-state index contributed by atoms with van der Waals surface area (Å²) in [5, 5.41) is 24.9. The van der Waals surface area contributed by atoms with E-state index in [2.05, 4.69) is 419 Å². The lowest BCUT2D eigenvalue weighted by molar-refractivity contribution is 0.487. The van der Waals surface area contributed by atoms with Crippen molar-refractivity contribution in [2.75, 3.05) is 0 Å². The fourth-order valence-corrected chi connectivity index (χ4v) is 19.9. The molecule has 121 heavy (non-hydrogen) atoms. The molecule has 0 N–H and O–H groups in total. The van der Waals surface area contributed by atoms with Gasteiger partial charge in [-0.3, -0.25) is 0 Å². The second-order valence-corrected chi connectivity index (χ2v) is 31.7. The lowest BCUT2D eigenvalue weighted by atomic mass is 9.83. The fourth-order valence-electron chi connectivity index (χ4n) is 19.9. The number of fused-ring (bicyclic) bond motifs is 13. The maximum atomic E-state index is 6.43. The molecule has 0 unspecified atom stereocenters. The Morgan fingerprint density at radius 1 is 0.116 bits per heavy atom. The fraction of sp³-hybridized carbons (Fsp3) is 0. The summed E-state index contributed by atoms with van der Waals surface area (Å²) >= 11 is 0. The van der Waals surface area contributed by atoms with Crippen LogP contribution >= 0.6 is 0 Å². The standard InChI is InChI=1S/C42H26O.C40H24O.C36H22O/c1-2-10-28(11-3-1)40-32-14-4-6-16-34(32)41(35-17-7-5-15-33(35)40)30-22-20-27(21-23-30)31-24-25-38-37(26-31)36-18-8-12-29-13-9-19-39(43-38)42(29)36;1-2-11-26-24-27(21-20-25(26)10-1)38-30-13-3-5-15-32(30)39(33-16-6-4-14-31(33)38)35-22-23-37-40-29(17-9-18-34(35)40)28-12-7-8-19-36(28)41-37;1-2-11-23(12-3-1)34-26-14-4-6-16-28(26)35(29-17-7-5-15-27(29)34)31-21-22-33-36-25(18-10-19-30(31)36)24-13-8-9-20-32(24)37-33/h1-26H;1-24H;1-22H. The van der Waals surface area contributed by atoms with Gasteiger partial charge in [-0.1, -0.05) is 376 Å². The minimum absolute atomic E-state index is 0.906. The quantitative estimate of drug-likeness (QED) is 0.149. The van der Waals surface area contributed by atoms with E-state index in [0.717, 1.165) is 51.2 Å². The average Bonchev–Trinajstić information content (AvgIpc) is 0.748. The molecule has 3 aliphatic heterocycles. The first-order chi connectivity index (χ1) is 60.1. The van der Waals surface area contributed by atoms with Crippen molar-refractivity contribution >= 4 is 108 Å². The molecular weight excluding hydrogens is 1470 g/mol. The van der Waals surface area contributed by atoms with Gasteiger partial charge in [-0.25, -0.2) is 0 Å². The van der Waals surface area contributed by atoms with Gasteiger partial charge in [-0.2, -0.15) is 0 Å². The van der Waals surface area contributed by atoms with Gasteiger partial charge in [-0.05, 0) is 247 Å². The van der Waals surface area contributed by atoms with Crippen molar-refractivity contribution in [2.24, 2.45) is 0 Å². The van der Waals surface area contributed by atoms with Gasteiger partial charge < -0.3 is 14.2 Å². The zero-order valence-corrected chi connectivity index (χ0v) is 65.8. The molecule has 0 saturated heterocycles. The molecule has 23 aromatic carbocycles. The van der Waals surface area contributed by atoms with Crippen LogP contribution in [0.1, 0.15) is 0 Å². The van der Waals surface area contributed by atoms with Crippen LogP contribution in [0.25, 0.3) is 219 Å². The van der Waals surface area contributed by atoms with E-state index in [4.69, 9.17) is 14.2 Å². The first kappa shape index (κ1) is 69.4. The van der Waals surface area contributed by atoms with E-state index >= 15 is 0 Å². The molecule has 3 heterocycles. The number of benzene rings is 23. The summed E-state index contributed by atoms with van der Waals surface area (Å²) in [6.45, 7) is 0. The van der Waals surface area contributed by atoms with E-state index in [1.54, 1.807) is 0 Å². The van der Waals surface area contributed by atoms with Crippen LogP contribution in [0.5, 0.6) is 34.5 Å². The highest BCUT2D eigenvalue weighted by atomic mass is 16.5. The molecule has 0 bridgehead atoms. The van der Waals surface area contributed by atoms with Crippen LogP contribution in [0.4, 0.5) is 0 Å². The highest BCUT2D eigenvalue weighted by Crippen LogP contribution is 2.56. The third-order valence-electron chi connectivity index (χ3n) is 25.2. The maximum Gasteiger partial charge on any atom is 0.135 e. The van der Waals surface area contributed by atoms with Gasteiger partial charge in [0.25, 0.3) is 0 Å². The number of rotatable bonds is 7. The van der Waals surface area contributed by atoms with Crippen LogP contribution in [-0.2, 0) is 0 Å². The molecule has 562 valence electrons. The third-order valence-corrected chi connectivity index (χ3v) is 25.2. The van der Waals surface area contributed by atoms with Gasteiger partial charge in [0.2, 0.25) is 0 Å². The lowest BCUT2D eigenvalue weighted by Gasteiger charge is -2.24. The maximum absolute atomic E-state index is 6.43.